The Kier molecular flexibility index (Phi) is 5.52. The maximum Gasteiger partial charge on any atom is 0.417 e. The monoisotopic (exact) mass is 292 g/mol. The Hall–Kier alpha value is -1.60. The zero-order valence-corrected chi connectivity index (χ0v) is 10.6. The molecule has 0 aromatic heterocycles. The molecule has 1 aromatic rings. The van der Waals surface area contributed by atoms with Gasteiger partial charge in [-0.05, 0) is 5.56 Å². The predicted octanol–water partition coefficient (Wildman–Crippen LogP) is 1.80. The number of aliphatic hydroxyl groups excluding tert-OH is 1. The highest BCUT2D eigenvalue weighted by Crippen LogP contribution is 2.36. The van der Waals surface area contributed by atoms with Crippen LogP contribution in [0, 0.1) is 0 Å². The lowest BCUT2D eigenvalue weighted by Gasteiger charge is -2.28. The lowest BCUT2D eigenvalue weighted by Crippen LogP contribution is -2.47. The summed E-state index contributed by atoms with van der Waals surface area (Å²) in [4.78, 5) is 11.4. The van der Waals surface area contributed by atoms with Crippen molar-refractivity contribution in [2.45, 2.75) is 31.2 Å². The lowest BCUT2D eigenvalue weighted by molar-refractivity contribution is -0.267. The first-order chi connectivity index (χ1) is 9.28. The fourth-order valence-corrected chi connectivity index (χ4v) is 1.54. The van der Waals surface area contributed by atoms with Crippen LogP contribution < -0.4 is 0 Å². The van der Waals surface area contributed by atoms with E-state index in [1.807, 2.05) is 0 Å². The first kappa shape index (κ1) is 16.5. The minimum absolute atomic E-state index is 0.174. The molecule has 0 heterocycles. The highest BCUT2D eigenvalue weighted by Gasteiger charge is 2.54. The second kappa shape index (κ2) is 6.71. The summed E-state index contributed by atoms with van der Waals surface area (Å²) in [6, 6.07) is 8.44. The van der Waals surface area contributed by atoms with E-state index in [-0.39, 0.29) is 6.61 Å². The van der Waals surface area contributed by atoms with E-state index in [1.165, 1.54) is 0 Å². The van der Waals surface area contributed by atoms with Crippen LogP contribution in [0.5, 0.6) is 0 Å². The second-order valence-corrected chi connectivity index (χ2v) is 4.33. The fraction of sp³-hybridized carbons (Fsp3) is 0.462. The molecule has 0 saturated heterocycles. The van der Waals surface area contributed by atoms with Crippen LogP contribution in [0.4, 0.5) is 13.2 Å². The largest absolute Gasteiger partial charge is 0.461 e. The van der Waals surface area contributed by atoms with E-state index in [1.54, 1.807) is 30.3 Å². The predicted molar refractivity (Wildman–Crippen MR) is 63.6 cm³/mol. The fourth-order valence-electron chi connectivity index (χ4n) is 1.54. The Morgan fingerprint density at radius 1 is 1.20 bits per heavy atom. The van der Waals surface area contributed by atoms with Crippen molar-refractivity contribution in [3.63, 3.8) is 0 Å². The van der Waals surface area contributed by atoms with Crippen molar-refractivity contribution in [2.24, 2.45) is 0 Å². The van der Waals surface area contributed by atoms with Gasteiger partial charge in [0.15, 0.2) is 5.60 Å². The Morgan fingerprint density at radius 2 is 1.80 bits per heavy atom. The highest BCUT2D eigenvalue weighted by atomic mass is 19.4. The molecule has 0 fully saturated rings. The number of ether oxygens (including phenoxy) is 1. The topological polar surface area (TPSA) is 66.8 Å². The van der Waals surface area contributed by atoms with Crippen LogP contribution in [0.2, 0.25) is 0 Å². The van der Waals surface area contributed by atoms with Gasteiger partial charge in [-0.3, -0.25) is 4.79 Å². The van der Waals surface area contributed by atoms with Gasteiger partial charge in [0.1, 0.15) is 6.61 Å². The molecule has 112 valence electrons. The molecule has 0 spiro atoms. The first-order valence-corrected chi connectivity index (χ1v) is 5.88. The van der Waals surface area contributed by atoms with E-state index in [9.17, 15) is 23.1 Å². The smallest absolute Gasteiger partial charge is 0.417 e. The molecule has 1 rings (SSSR count). The number of alkyl halides is 3. The van der Waals surface area contributed by atoms with Crippen molar-refractivity contribution < 1.29 is 32.9 Å². The molecule has 0 bridgehead atoms. The Labute approximate surface area is 113 Å². The molecule has 1 unspecified atom stereocenters. The van der Waals surface area contributed by atoms with E-state index in [0.29, 0.717) is 5.56 Å². The van der Waals surface area contributed by atoms with Crippen LogP contribution in [-0.2, 0) is 16.1 Å². The maximum absolute atomic E-state index is 12.6. The van der Waals surface area contributed by atoms with Gasteiger partial charge in [-0.2, -0.15) is 13.2 Å². The summed E-state index contributed by atoms with van der Waals surface area (Å²) >= 11 is 0. The molecule has 0 aliphatic heterocycles. The van der Waals surface area contributed by atoms with Gasteiger partial charge in [-0.15, -0.1) is 0 Å². The molecular formula is C13H15F3O4. The van der Waals surface area contributed by atoms with Crippen LogP contribution in [0.1, 0.15) is 18.4 Å². The van der Waals surface area contributed by atoms with E-state index in [0.717, 1.165) is 0 Å². The zero-order chi connectivity index (χ0) is 15.2. The molecule has 7 heteroatoms. The van der Waals surface area contributed by atoms with E-state index >= 15 is 0 Å². The molecule has 0 aliphatic carbocycles. The summed E-state index contributed by atoms with van der Waals surface area (Å²) in [6.45, 7) is -1.06. The van der Waals surface area contributed by atoms with Gasteiger partial charge < -0.3 is 14.9 Å². The molecule has 0 amide bonds. The Balaban J connectivity index is 2.59. The van der Waals surface area contributed by atoms with Gasteiger partial charge in [0.2, 0.25) is 0 Å². The maximum atomic E-state index is 12.6. The quantitative estimate of drug-likeness (QED) is 0.785. The third kappa shape index (κ3) is 4.50. The van der Waals surface area contributed by atoms with Crippen LogP contribution in [-0.4, -0.2) is 34.6 Å². The standard InChI is InChI=1S/C13H15F3O4/c14-13(15,16)12(19,6-7-17)8-11(18)20-9-10-4-2-1-3-5-10/h1-5,17,19H,6-9H2. The summed E-state index contributed by atoms with van der Waals surface area (Å²) in [5.74, 6) is -1.18. The molecule has 1 aromatic carbocycles. The molecule has 0 aliphatic rings. The normalized spacial score (nSPS) is 14.7. The van der Waals surface area contributed by atoms with Crippen molar-refractivity contribution in [1.82, 2.24) is 0 Å². The minimum atomic E-state index is -5.01. The van der Waals surface area contributed by atoms with Crippen molar-refractivity contribution in [3.8, 4) is 0 Å². The molecular weight excluding hydrogens is 277 g/mol. The number of rotatable bonds is 6. The Morgan fingerprint density at radius 3 is 2.30 bits per heavy atom. The summed E-state index contributed by atoms with van der Waals surface area (Å²) < 4.78 is 42.6. The number of benzene rings is 1. The molecule has 1 atom stereocenters. The zero-order valence-electron chi connectivity index (χ0n) is 10.6. The van der Waals surface area contributed by atoms with Crippen LogP contribution in [0.3, 0.4) is 0 Å². The third-order valence-electron chi connectivity index (χ3n) is 2.73. The number of aliphatic hydroxyl groups is 2. The van der Waals surface area contributed by atoms with Crippen molar-refractivity contribution in [2.75, 3.05) is 6.61 Å². The number of esters is 1. The SMILES string of the molecule is O=C(CC(O)(CCO)C(F)(F)F)OCc1ccccc1. The average Bonchev–Trinajstić information content (AvgIpc) is 2.36. The minimum Gasteiger partial charge on any atom is -0.461 e. The first-order valence-electron chi connectivity index (χ1n) is 5.88. The van der Waals surface area contributed by atoms with Crippen LogP contribution >= 0.6 is 0 Å². The van der Waals surface area contributed by atoms with Gasteiger partial charge in [-0.1, -0.05) is 30.3 Å². The molecule has 0 radical (unpaired) electrons. The Bertz CT molecular complexity index is 433. The van der Waals surface area contributed by atoms with Crippen molar-refractivity contribution >= 4 is 5.97 Å². The lowest BCUT2D eigenvalue weighted by atomic mass is 9.95. The number of hydrogen-bond donors (Lipinski definition) is 2. The van der Waals surface area contributed by atoms with E-state index in [2.05, 4.69) is 4.74 Å². The number of halogens is 3. The van der Waals surface area contributed by atoms with Gasteiger partial charge in [-0.25, -0.2) is 0 Å². The third-order valence-corrected chi connectivity index (χ3v) is 2.73. The number of carbonyl (C=O) groups is 1. The average molecular weight is 292 g/mol. The summed E-state index contributed by atoms with van der Waals surface area (Å²) in [7, 11) is 0. The summed E-state index contributed by atoms with van der Waals surface area (Å²) in [5, 5.41) is 18.0. The number of hydrogen-bond acceptors (Lipinski definition) is 4. The van der Waals surface area contributed by atoms with E-state index in [4.69, 9.17) is 5.11 Å². The van der Waals surface area contributed by atoms with Crippen LogP contribution in [0.25, 0.3) is 0 Å². The summed E-state index contributed by atoms with van der Waals surface area (Å²) in [5.41, 5.74) is -2.64. The van der Waals surface area contributed by atoms with Gasteiger partial charge in [0.25, 0.3) is 0 Å². The second-order valence-electron chi connectivity index (χ2n) is 4.33. The van der Waals surface area contributed by atoms with Crippen molar-refractivity contribution in [3.05, 3.63) is 35.9 Å². The van der Waals surface area contributed by atoms with Gasteiger partial charge in [0, 0.05) is 13.0 Å². The molecule has 0 saturated carbocycles. The van der Waals surface area contributed by atoms with Crippen LogP contribution in [0.15, 0.2) is 30.3 Å². The van der Waals surface area contributed by atoms with Gasteiger partial charge in [0.05, 0.1) is 6.42 Å². The highest BCUT2D eigenvalue weighted by molar-refractivity contribution is 5.70. The van der Waals surface area contributed by atoms with Crippen molar-refractivity contribution in [1.29, 1.82) is 0 Å². The molecule has 4 nitrogen and oxygen atoms in total. The summed E-state index contributed by atoms with van der Waals surface area (Å²) in [6.07, 6.45) is -7.23. The number of carbonyl (C=O) groups excluding carboxylic acids is 1. The molecule has 2 N–H and O–H groups in total. The van der Waals surface area contributed by atoms with Gasteiger partial charge >= 0.3 is 12.1 Å². The van der Waals surface area contributed by atoms with E-state index < -0.39 is 37.2 Å². The molecule has 20 heavy (non-hydrogen) atoms.